The van der Waals surface area contributed by atoms with Gasteiger partial charge in [0.1, 0.15) is 5.69 Å². The van der Waals surface area contributed by atoms with E-state index in [1.54, 1.807) is 0 Å². The second kappa shape index (κ2) is 7.46. The van der Waals surface area contributed by atoms with Crippen LogP contribution in [0.15, 0.2) is 72.2 Å². The Morgan fingerprint density at radius 3 is 2.52 bits per heavy atom. The van der Waals surface area contributed by atoms with E-state index in [4.69, 9.17) is 4.98 Å². The Kier molecular flexibility index (Phi) is 4.66. The second-order valence-corrected chi connectivity index (χ2v) is 8.29. The van der Waals surface area contributed by atoms with Crippen LogP contribution in [0.3, 0.4) is 0 Å². The van der Waals surface area contributed by atoms with Gasteiger partial charge in [-0.25, -0.2) is 4.98 Å². The largest absolute Gasteiger partial charge is 0.328 e. The lowest BCUT2D eigenvalue weighted by Gasteiger charge is -2.40. The van der Waals surface area contributed by atoms with Gasteiger partial charge < -0.3 is 9.80 Å². The first-order valence-electron chi connectivity index (χ1n) is 9.77. The van der Waals surface area contributed by atoms with Gasteiger partial charge in [0.2, 0.25) is 0 Å². The number of benzene rings is 2. The fourth-order valence-corrected chi connectivity index (χ4v) is 4.80. The average molecular weight is 403 g/mol. The van der Waals surface area contributed by atoms with Gasteiger partial charge in [0.15, 0.2) is 4.96 Å². The third-order valence-electron chi connectivity index (χ3n) is 5.53. The van der Waals surface area contributed by atoms with Gasteiger partial charge in [0.05, 0.1) is 11.7 Å². The summed E-state index contributed by atoms with van der Waals surface area (Å²) in [5.41, 5.74) is 3.81. The van der Waals surface area contributed by atoms with Gasteiger partial charge in [0, 0.05) is 36.8 Å². The number of aromatic nitrogens is 2. The number of carbonyl (C=O) groups excluding carboxylic acids is 1. The van der Waals surface area contributed by atoms with Crippen LogP contribution < -0.4 is 0 Å². The van der Waals surface area contributed by atoms with Crippen LogP contribution in [0.4, 0.5) is 0 Å². The molecule has 5 nitrogen and oxygen atoms in total. The Hall–Kier alpha value is -2.96. The number of hydrogen-bond donors (Lipinski definition) is 0. The second-order valence-electron chi connectivity index (χ2n) is 7.45. The molecular weight excluding hydrogens is 380 g/mol. The van der Waals surface area contributed by atoms with Crippen molar-refractivity contribution in [1.82, 2.24) is 19.2 Å². The van der Waals surface area contributed by atoms with E-state index in [1.165, 1.54) is 16.9 Å². The lowest BCUT2D eigenvalue weighted by molar-refractivity contribution is 0.0491. The first kappa shape index (κ1) is 18.1. The Morgan fingerprint density at radius 2 is 1.76 bits per heavy atom. The summed E-state index contributed by atoms with van der Waals surface area (Å²) >= 11 is 1.51. The molecule has 6 heteroatoms. The highest BCUT2D eigenvalue weighted by molar-refractivity contribution is 7.15. The summed E-state index contributed by atoms with van der Waals surface area (Å²) in [6.45, 7) is 2.43. The minimum atomic E-state index is 0.0505. The zero-order valence-electron chi connectivity index (χ0n) is 16.2. The molecule has 2 aromatic heterocycles. The standard InChI is InChI=1S/C23H22N4OS/c1-25-12-13-26(20(15-25)18-10-6-3-7-11-18)22(28)21-16-29-23-24-19(14-27(21)23)17-8-4-2-5-9-17/h2-11,14,16,20H,12-13,15H2,1H3/t20-/m1/s1. The van der Waals surface area contributed by atoms with Crippen LogP contribution in [0.1, 0.15) is 22.1 Å². The van der Waals surface area contributed by atoms with Gasteiger partial charge in [-0.3, -0.25) is 9.20 Å². The number of nitrogens with zero attached hydrogens (tertiary/aromatic N) is 4. The van der Waals surface area contributed by atoms with Gasteiger partial charge in [-0.2, -0.15) is 0 Å². The van der Waals surface area contributed by atoms with Crippen molar-refractivity contribution in [2.45, 2.75) is 6.04 Å². The van der Waals surface area contributed by atoms with E-state index in [-0.39, 0.29) is 11.9 Å². The molecule has 0 spiro atoms. The predicted octanol–water partition coefficient (Wildman–Crippen LogP) is 4.19. The van der Waals surface area contributed by atoms with E-state index in [1.807, 2.05) is 69.4 Å². The molecule has 29 heavy (non-hydrogen) atoms. The highest BCUT2D eigenvalue weighted by Crippen LogP contribution is 2.29. The number of imidazole rings is 1. The highest BCUT2D eigenvalue weighted by Gasteiger charge is 2.32. The molecule has 1 aliphatic rings. The number of piperazine rings is 1. The van der Waals surface area contributed by atoms with E-state index in [9.17, 15) is 4.79 Å². The zero-order valence-corrected chi connectivity index (χ0v) is 17.0. The number of carbonyl (C=O) groups is 1. The Morgan fingerprint density at radius 1 is 1.03 bits per heavy atom. The molecule has 1 fully saturated rings. The quantitative estimate of drug-likeness (QED) is 0.516. The number of hydrogen-bond acceptors (Lipinski definition) is 4. The molecule has 0 saturated carbocycles. The van der Waals surface area contributed by atoms with Crippen molar-refractivity contribution in [2.24, 2.45) is 0 Å². The van der Waals surface area contributed by atoms with Crippen molar-refractivity contribution in [3.63, 3.8) is 0 Å². The molecule has 3 heterocycles. The van der Waals surface area contributed by atoms with Crippen LogP contribution in [-0.2, 0) is 0 Å². The molecule has 2 aromatic carbocycles. The predicted molar refractivity (Wildman–Crippen MR) is 116 cm³/mol. The molecule has 0 aliphatic carbocycles. The minimum Gasteiger partial charge on any atom is -0.328 e. The number of rotatable bonds is 3. The van der Waals surface area contributed by atoms with Crippen molar-refractivity contribution in [3.05, 3.63) is 83.5 Å². The molecule has 4 aromatic rings. The molecule has 1 amide bonds. The van der Waals surface area contributed by atoms with Crippen LogP contribution in [0, 0.1) is 0 Å². The molecule has 5 rings (SSSR count). The van der Waals surface area contributed by atoms with Crippen molar-refractivity contribution in [3.8, 4) is 11.3 Å². The Balaban J connectivity index is 1.50. The van der Waals surface area contributed by atoms with Crippen LogP contribution in [0.25, 0.3) is 16.2 Å². The number of amides is 1. The molecule has 146 valence electrons. The molecule has 0 unspecified atom stereocenters. The third-order valence-corrected chi connectivity index (χ3v) is 6.37. The van der Waals surface area contributed by atoms with Crippen molar-refractivity contribution < 1.29 is 4.79 Å². The van der Waals surface area contributed by atoms with Gasteiger partial charge in [-0.15, -0.1) is 11.3 Å². The Bertz CT molecular complexity index is 1140. The fourth-order valence-electron chi connectivity index (χ4n) is 3.96. The van der Waals surface area contributed by atoms with Gasteiger partial charge in [-0.1, -0.05) is 60.7 Å². The van der Waals surface area contributed by atoms with E-state index in [0.29, 0.717) is 12.2 Å². The SMILES string of the molecule is CN1CCN(C(=O)c2csc3nc(-c4ccccc4)cn23)[C@@H](c2ccccc2)C1. The van der Waals surface area contributed by atoms with Crippen molar-refractivity contribution in [2.75, 3.05) is 26.7 Å². The monoisotopic (exact) mass is 402 g/mol. The van der Waals surface area contributed by atoms with E-state index in [0.717, 1.165) is 29.3 Å². The lowest BCUT2D eigenvalue weighted by atomic mass is 10.0. The van der Waals surface area contributed by atoms with Crippen LogP contribution in [-0.4, -0.2) is 51.8 Å². The maximum atomic E-state index is 13.6. The van der Waals surface area contributed by atoms with Gasteiger partial charge >= 0.3 is 0 Å². The summed E-state index contributed by atoms with van der Waals surface area (Å²) in [4.78, 5) is 23.4. The molecule has 1 saturated heterocycles. The summed E-state index contributed by atoms with van der Waals surface area (Å²) in [6.07, 6.45) is 1.97. The Labute approximate surface area is 173 Å². The van der Waals surface area contributed by atoms with E-state index < -0.39 is 0 Å². The van der Waals surface area contributed by atoms with Crippen LogP contribution in [0.5, 0.6) is 0 Å². The number of thiazole rings is 1. The van der Waals surface area contributed by atoms with Crippen LogP contribution >= 0.6 is 11.3 Å². The summed E-state index contributed by atoms with van der Waals surface area (Å²) in [5, 5.41) is 1.93. The first-order valence-corrected chi connectivity index (χ1v) is 10.6. The number of likely N-dealkylation sites (N-methyl/N-ethyl adjacent to an activating group) is 1. The summed E-state index contributed by atoms with van der Waals surface area (Å²) < 4.78 is 1.94. The lowest BCUT2D eigenvalue weighted by Crippen LogP contribution is -2.49. The van der Waals surface area contributed by atoms with Crippen molar-refractivity contribution in [1.29, 1.82) is 0 Å². The normalized spacial score (nSPS) is 17.7. The zero-order chi connectivity index (χ0) is 19.8. The van der Waals surface area contributed by atoms with E-state index in [2.05, 4.69) is 24.1 Å². The summed E-state index contributed by atoms with van der Waals surface area (Å²) in [7, 11) is 2.11. The molecule has 1 atom stereocenters. The maximum absolute atomic E-state index is 13.6. The molecule has 0 radical (unpaired) electrons. The van der Waals surface area contributed by atoms with E-state index >= 15 is 0 Å². The molecular formula is C23H22N4OS. The summed E-state index contributed by atoms with van der Waals surface area (Å²) in [6, 6.07) is 20.4. The highest BCUT2D eigenvalue weighted by atomic mass is 32.1. The number of fused-ring (bicyclic) bond motifs is 1. The molecule has 0 N–H and O–H groups in total. The van der Waals surface area contributed by atoms with Crippen LogP contribution in [0.2, 0.25) is 0 Å². The topological polar surface area (TPSA) is 40.8 Å². The fraction of sp³-hybridized carbons (Fsp3) is 0.217. The molecule has 0 bridgehead atoms. The molecule has 1 aliphatic heterocycles. The average Bonchev–Trinajstić information content (AvgIpc) is 3.35. The third kappa shape index (κ3) is 3.34. The smallest absolute Gasteiger partial charge is 0.272 e. The maximum Gasteiger partial charge on any atom is 0.272 e. The van der Waals surface area contributed by atoms with Gasteiger partial charge in [-0.05, 0) is 12.6 Å². The van der Waals surface area contributed by atoms with Crippen molar-refractivity contribution >= 4 is 22.2 Å². The first-order chi connectivity index (χ1) is 14.2. The van der Waals surface area contributed by atoms with Gasteiger partial charge in [0.25, 0.3) is 5.91 Å². The summed E-state index contributed by atoms with van der Waals surface area (Å²) in [5.74, 6) is 0.0650. The minimum absolute atomic E-state index is 0.0505.